The molecule has 0 unspecified atom stereocenters. The average molecular weight is 366 g/mol. The number of amides is 1. The van der Waals surface area contributed by atoms with Crippen LogP contribution in [0.2, 0.25) is 0 Å². The number of hydrogen-bond acceptors (Lipinski definition) is 7. The lowest BCUT2D eigenvalue weighted by Gasteiger charge is -2.29. The number of aromatic nitrogens is 1. The van der Waals surface area contributed by atoms with Gasteiger partial charge in [0, 0.05) is 56.5 Å². The number of carbonyl (C=O) groups excluding carboxylic acids is 1. The molecule has 1 aromatic heterocycles. The number of aliphatic hydroxyl groups is 1. The molecule has 8 heteroatoms. The van der Waals surface area contributed by atoms with E-state index in [1.165, 1.54) is 0 Å². The molecule has 138 valence electrons. The molecule has 4 rings (SSSR count). The topological polar surface area (TPSA) is 77.9 Å². The largest absolute Gasteiger partial charge is 0.393 e. The number of likely N-dealkylation sites (tertiary alicyclic amines) is 1. The highest BCUT2D eigenvalue weighted by Gasteiger charge is 2.38. The van der Waals surface area contributed by atoms with Crippen molar-refractivity contribution in [3.63, 3.8) is 0 Å². The molecule has 1 aromatic rings. The smallest absolute Gasteiger partial charge is 0.270 e. The van der Waals surface area contributed by atoms with Gasteiger partial charge in [-0.2, -0.15) is 0 Å². The fraction of sp³-hybridized carbons (Fsp3) is 0.765. The van der Waals surface area contributed by atoms with E-state index in [0.717, 1.165) is 63.9 Å². The van der Waals surface area contributed by atoms with Crippen LogP contribution in [0.3, 0.4) is 0 Å². The van der Waals surface area contributed by atoms with Gasteiger partial charge in [-0.15, -0.1) is 11.3 Å². The number of carbonyl (C=O) groups is 1. The molecule has 0 radical (unpaired) electrons. The first-order valence-corrected chi connectivity index (χ1v) is 10.0. The van der Waals surface area contributed by atoms with Gasteiger partial charge >= 0.3 is 0 Å². The zero-order valence-corrected chi connectivity index (χ0v) is 15.2. The second-order valence-electron chi connectivity index (χ2n) is 7.31. The highest BCUT2D eigenvalue weighted by molar-refractivity contribution is 7.13. The summed E-state index contributed by atoms with van der Waals surface area (Å²) in [5.74, 6) is 1.13. The maximum Gasteiger partial charge on any atom is 0.270 e. The van der Waals surface area contributed by atoms with Crippen molar-refractivity contribution in [2.75, 3.05) is 57.4 Å². The van der Waals surface area contributed by atoms with Crippen LogP contribution in [0.4, 0.5) is 5.13 Å². The summed E-state index contributed by atoms with van der Waals surface area (Å²) in [4.78, 5) is 21.4. The summed E-state index contributed by atoms with van der Waals surface area (Å²) in [6.45, 7) is 6.93. The Morgan fingerprint density at radius 2 is 2.04 bits per heavy atom. The molecule has 0 bridgehead atoms. The molecule has 7 nitrogen and oxygen atoms in total. The number of fused-ring (bicyclic) bond motifs is 1. The Morgan fingerprint density at radius 1 is 1.32 bits per heavy atom. The summed E-state index contributed by atoms with van der Waals surface area (Å²) in [7, 11) is 0. The highest BCUT2D eigenvalue weighted by atomic mass is 32.1. The normalized spacial score (nSPS) is 27.6. The molecule has 2 atom stereocenters. The van der Waals surface area contributed by atoms with Crippen LogP contribution in [0.15, 0.2) is 5.38 Å². The predicted molar refractivity (Wildman–Crippen MR) is 96.1 cm³/mol. The van der Waals surface area contributed by atoms with Gasteiger partial charge in [-0.05, 0) is 12.8 Å². The summed E-state index contributed by atoms with van der Waals surface area (Å²) < 4.78 is 5.51. The third-order valence-corrected chi connectivity index (χ3v) is 6.41. The molecule has 0 spiro atoms. The first-order chi connectivity index (χ1) is 12.2. The minimum absolute atomic E-state index is 0.0951. The van der Waals surface area contributed by atoms with E-state index >= 15 is 0 Å². The van der Waals surface area contributed by atoms with Gasteiger partial charge in [-0.3, -0.25) is 4.79 Å². The second-order valence-corrected chi connectivity index (χ2v) is 8.14. The number of anilines is 1. The molecule has 3 aliphatic heterocycles. The maximum atomic E-state index is 12.3. The Balaban J connectivity index is 1.23. The van der Waals surface area contributed by atoms with Crippen molar-refractivity contribution in [3.8, 4) is 0 Å². The van der Waals surface area contributed by atoms with Gasteiger partial charge < -0.3 is 25.0 Å². The summed E-state index contributed by atoms with van der Waals surface area (Å²) in [6.07, 6.45) is 1.49. The molecule has 0 aliphatic carbocycles. The lowest BCUT2D eigenvalue weighted by Crippen LogP contribution is -2.40. The zero-order chi connectivity index (χ0) is 17.2. The SMILES string of the molecule is O=C(NCCN1CCC(O)CC1)c1csc(N2C[C@H]3COC[C@H]3C2)n1. The average Bonchev–Trinajstić information content (AvgIpc) is 3.31. The molecule has 3 fully saturated rings. The van der Waals surface area contributed by atoms with Crippen molar-refractivity contribution < 1.29 is 14.6 Å². The monoisotopic (exact) mass is 366 g/mol. The van der Waals surface area contributed by atoms with Crippen molar-refractivity contribution in [2.45, 2.75) is 18.9 Å². The van der Waals surface area contributed by atoms with Crippen molar-refractivity contribution in [2.24, 2.45) is 11.8 Å². The van der Waals surface area contributed by atoms with Gasteiger partial charge in [0.05, 0.1) is 19.3 Å². The van der Waals surface area contributed by atoms with Crippen molar-refractivity contribution in [1.29, 1.82) is 0 Å². The van der Waals surface area contributed by atoms with Crippen LogP contribution in [-0.2, 0) is 4.74 Å². The fourth-order valence-corrected chi connectivity index (χ4v) is 4.74. The molecule has 25 heavy (non-hydrogen) atoms. The standard InChI is InChI=1S/C17H26N4O3S/c22-14-1-4-20(5-2-14)6-3-18-16(23)15-11-25-17(19-15)21-7-12-9-24-10-13(12)8-21/h11-14,22H,1-10H2,(H,18,23)/t12-,13+. The molecule has 3 saturated heterocycles. The van der Waals surface area contributed by atoms with Gasteiger partial charge in [-0.1, -0.05) is 0 Å². The van der Waals surface area contributed by atoms with Crippen LogP contribution >= 0.6 is 11.3 Å². The number of nitrogens with zero attached hydrogens (tertiary/aromatic N) is 3. The molecular weight excluding hydrogens is 340 g/mol. The first-order valence-electron chi connectivity index (χ1n) is 9.16. The van der Waals surface area contributed by atoms with E-state index in [1.807, 2.05) is 5.38 Å². The van der Waals surface area contributed by atoms with Gasteiger partial charge in [-0.25, -0.2) is 4.98 Å². The number of piperidine rings is 1. The Morgan fingerprint density at radius 3 is 2.76 bits per heavy atom. The lowest BCUT2D eigenvalue weighted by atomic mass is 10.0. The number of ether oxygens (including phenoxy) is 1. The molecule has 1 amide bonds. The minimum Gasteiger partial charge on any atom is -0.393 e. The lowest BCUT2D eigenvalue weighted by molar-refractivity contribution is 0.0803. The van der Waals surface area contributed by atoms with Crippen LogP contribution in [0.25, 0.3) is 0 Å². The van der Waals surface area contributed by atoms with Crippen molar-refractivity contribution in [3.05, 3.63) is 11.1 Å². The number of aliphatic hydroxyl groups excluding tert-OH is 1. The predicted octanol–water partition coefficient (Wildman–Crippen LogP) is 0.412. The number of rotatable bonds is 5. The van der Waals surface area contributed by atoms with Crippen LogP contribution in [-0.4, -0.2) is 79.5 Å². The molecule has 0 aromatic carbocycles. The van der Waals surface area contributed by atoms with Gasteiger partial charge in [0.2, 0.25) is 0 Å². The Bertz CT molecular complexity index is 590. The Hall–Kier alpha value is -1.22. The molecule has 4 heterocycles. The molecule has 2 N–H and O–H groups in total. The minimum atomic E-state index is -0.157. The maximum absolute atomic E-state index is 12.3. The second kappa shape index (κ2) is 7.57. The van der Waals surface area contributed by atoms with E-state index in [0.29, 0.717) is 24.1 Å². The quantitative estimate of drug-likeness (QED) is 0.786. The summed E-state index contributed by atoms with van der Waals surface area (Å²) in [6, 6.07) is 0. The Labute approximate surface area is 152 Å². The van der Waals surface area contributed by atoms with Crippen molar-refractivity contribution >= 4 is 22.4 Å². The van der Waals surface area contributed by atoms with Crippen LogP contribution < -0.4 is 10.2 Å². The number of hydrogen-bond donors (Lipinski definition) is 2. The fourth-order valence-electron chi connectivity index (χ4n) is 3.92. The molecule has 0 saturated carbocycles. The summed E-state index contributed by atoms with van der Waals surface area (Å²) in [5, 5.41) is 15.3. The number of thiazole rings is 1. The van der Waals surface area contributed by atoms with Gasteiger partial charge in [0.25, 0.3) is 5.91 Å². The first kappa shape index (κ1) is 17.2. The van der Waals surface area contributed by atoms with Crippen LogP contribution in [0.1, 0.15) is 23.3 Å². The molecule has 3 aliphatic rings. The highest BCUT2D eigenvalue weighted by Crippen LogP contribution is 2.33. The van der Waals surface area contributed by atoms with Crippen LogP contribution in [0.5, 0.6) is 0 Å². The summed E-state index contributed by atoms with van der Waals surface area (Å²) >= 11 is 1.55. The van der Waals surface area contributed by atoms with Crippen molar-refractivity contribution in [1.82, 2.24) is 15.2 Å². The van der Waals surface area contributed by atoms with E-state index in [9.17, 15) is 9.90 Å². The van der Waals surface area contributed by atoms with E-state index in [-0.39, 0.29) is 12.0 Å². The summed E-state index contributed by atoms with van der Waals surface area (Å²) in [5.41, 5.74) is 0.516. The number of nitrogens with one attached hydrogen (secondary N) is 1. The zero-order valence-electron chi connectivity index (χ0n) is 14.4. The van der Waals surface area contributed by atoms with E-state index in [4.69, 9.17) is 4.74 Å². The van der Waals surface area contributed by atoms with E-state index < -0.39 is 0 Å². The van der Waals surface area contributed by atoms with Crippen LogP contribution in [0, 0.1) is 11.8 Å². The van der Waals surface area contributed by atoms with E-state index in [2.05, 4.69) is 20.1 Å². The van der Waals surface area contributed by atoms with E-state index in [1.54, 1.807) is 11.3 Å². The van der Waals surface area contributed by atoms with Gasteiger partial charge in [0.15, 0.2) is 5.13 Å². The third kappa shape index (κ3) is 3.97. The third-order valence-electron chi connectivity index (χ3n) is 5.51. The van der Waals surface area contributed by atoms with Gasteiger partial charge in [0.1, 0.15) is 5.69 Å². The molecular formula is C17H26N4O3S. The Kier molecular flexibility index (Phi) is 5.21.